The van der Waals surface area contributed by atoms with Gasteiger partial charge in [0.1, 0.15) is 0 Å². The summed E-state index contributed by atoms with van der Waals surface area (Å²) in [6.07, 6.45) is 12.8. The van der Waals surface area contributed by atoms with Crippen LogP contribution in [-0.4, -0.2) is 23.0 Å². The molecule has 0 aromatic heterocycles. The van der Waals surface area contributed by atoms with E-state index in [1.807, 2.05) is 0 Å². The van der Waals surface area contributed by atoms with E-state index in [1.54, 1.807) is 23.0 Å². The average molecular weight is 317 g/mol. The Morgan fingerprint density at radius 2 is 1.10 bits per heavy atom. The van der Waals surface area contributed by atoms with Crippen molar-refractivity contribution in [3.05, 3.63) is 0 Å². The fourth-order valence-corrected chi connectivity index (χ4v) is 8.25. The maximum absolute atomic E-state index is 2.48. The zero-order chi connectivity index (χ0) is 16.2. The molecule has 0 atom stereocenters. The first-order chi connectivity index (χ1) is 9.95. The van der Waals surface area contributed by atoms with E-state index in [0.29, 0.717) is 5.41 Å². The van der Waals surface area contributed by atoms with E-state index in [1.165, 1.54) is 57.8 Å². The van der Waals surface area contributed by atoms with Crippen molar-refractivity contribution in [3.63, 3.8) is 0 Å². The van der Waals surface area contributed by atoms with Gasteiger partial charge in [0.05, 0.1) is 0 Å². The van der Waals surface area contributed by atoms with Crippen LogP contribution in [0.15, 0.2) is 0 Å². The topological polar surface area (TPSA) is 0 Å². The molecule has 0 N–H and O–H groups in total. The summed E-state index contributed by atoms with van der Waals surface area (Å²) in [5.41, 5.74) is 0.571. The highest BCUT2D eigenvalue weighted by Crippen LogP contribution is 2.51. The SMILES string of the molecule is CCCCS(CCC)(CCCC)CCCC(C)(C)CCC. The molecule has 0 nitrogen and oxygen atoms in total. The summed E-state index contributed by atoms with van der Waals surface area (Å²) < 4.78 is 0. The molecular weight excluding hydrogens is 272 g/mol. The molecule has 0 rings (SSSR count). The van der Waals surface area contributed by atoms with Gasteiger partial charge in [-0.05, 0) is 67.0 Å². The molecule has 0 radical (unpaired) electrons. The minimum atomic E-state index is -0.308. The Labute approximate surface area is 138 Å². The van der Waals surface area contributed by atoms with Crippen LogP contribution in [-0.2, 0) is 0 Å². The largest absolute Gasteiger partial charge is 0.241 e. The van der Waals surface area contributed by atoms with Crippen molar-refractivity contribution in [2.45, 2.75) is 99.3 Å². The summed E-state index contributed by atoms with van der Waals surface area (Å²) in [5, 5.41) is 0. The maximum atomic E-state index is 2.48. The molecule has 1 heteroatoms. The molecule has 0 aliphatic heterocycles. The predicted octanol–water partition coefficient (Wildman–Crippen LogP) is 7.41. The lowest BCUT2D eigenvalue weighted by Crippen LogP contribution is -2.19. The van der Waals surface area contributed by atoms with Gasteiger partial charge < -0.3 is 0 Å². The van der Waals surface area contributed by atoms with E-state index >= 15 is 0 Å². The number of hydrogen-bond donors (Lipinski definition) is 0. The molecular formula is C20H44S. The van der Waals surface area contributed by atoms with E-state index in [9.17, 15) is 0 Å². The van der Waals surface area contributed by atoms with Crippen LogP contribution < -0.4 is 0 Å². The van der Waals surface area contributed by atoms with E-state index in [-0.39, 0.29) is 10.0 Å². The standard InChI is InChI=1S/C20H44S/c1-7-11-17-21(16-10-4,18-12-8-2)19-13-15-20(5,6)14-9-3/h7-19H2,1-6H3. The first kappa shape index (κ1) is 21.4. The van der Waals surface area contributed by atoms with E-state index in [4.69, 9.17) is 0 Å². The molecule has 0 amide bonds. The van der Waals surface area contributed by atoms with Crippen molar-refractivity contribution in [3.8, 4) is 0 Å². The third-order valence-electron chi connectivity index (χ3n) is 4.86. The molecule has 0 saturated carbocycles. The average Bonchev–Trinajstić information content (AvgIpc) is 2.42. The van der Waals surface area contributed by atoms with Gasteiger partial charge in [-0.25, -0.2) is 10.0 Å². The lowest BCUT2D eigenvalue weighted by Gasteiger charge is -2.41. The predicted molar refractivity (Wildman–Crippen MR) is 105 cm³/mol. The summed E-state index contributed by atoms with van der Waals surface area (Å²) in [7, 11) is -0.308. The Bertz CT molecular complexity index is 224. The van der Waals surface area contributed by atoms with Crippen molar-refractivity contribution in [2.75, 3.05) is 23.0 Å². The zero-order valence-electron chi connectivity index (χ0n) is 16.1. The van der Waals surface area contributed by atoms with Crippen LogP contribution in [0.25, 0.3) is 0 Å². The van der Waals surface area contributed by atoms with Crippen LogP contribution in [0.4, 0.5) is 0 Å². The molecule has 0 bridgehead atoms. The summed E-state index contributed by atoms with van der Waals surface area (Å²) in [6, 6.07) is 0. The fraction of sp³-hybridized carbons (Fsp3) is 1.00. The Balaban J connectivity index is 4.54. The van der Waals surface area contributed by atoms with Crippen molar-refractivity contribution in [2.24, 2.45) is 5.41 Å². The second-order valence-corrected chi connectivity index (χ2v) is 11.8. The van der Waals surface area contributed by atoms with Crippen molar-refractivity contribution in [1.82, 2.24) is 0 Å². The van der Waals surface area contributed by atoms with Gasteiger partial charge in [0, 0.05) is 0 Å². The molecule has 0 heterocycles. The van der Waals surface area contributed by atoms with Gasteiger partial charge in [0.25, 0.3) is 0 Å². The van der Waals surface area contributed by atoms with Gasteiger partial charge in [-0.1, -0.05) is 60.8 Å². The Hall–Kier alpha value is 0.350. The first-order valence-electron chi connectivity index (χ1n) is 9.69. The minimum Gasteiger partial charge on any atom is -0.241 e. The summed E-state index contributed by atoms with van der Waals surface area (Å²) in [4.78, 5) is 0. The van der Waals surface area contributed by atoms with Crippen LogP contribution in [0.3, 0.4) is 0 Å². The third-order valence-corrected chi connectivity index (χ3v) is 9.59. The second kappa shape index (κ2) is 11.9. The highest BCUT2D eigenvalue weighted by Gasteiger charge is 2.24. The van der Waals surface area contributed by atoms with E-state index in [2.05, 4.69) is 41.5 Å². The van der Waals surface area contributed by atoms with Crippen molar-refractivity contribution >= 4 is 10.0 Å². The first-order valence-corrected chi connectivity index (χ1v) is 12.0. The van der Waals surface area contributed by atoms with E-state index in [0.717, 1.165) is 0 Å². The van der Waals surface area contributed by atoms with Gasteiger partial charge in [-0.3, -0.25) is 0 Å². The number of hydrogen-bond acceptors (Lipinski definition) is 0. The van der Waals surface area contributed by atoms with Crippen LogP contribution >= 0.6 is 10.0 Å². The third kappa shape index (κ3) is 9.87. The summed E-state index contributed by atoms with van der Waals surface area (Å²) in [5.74, 6) is 6.23. The molecule has 0 spiro atoms. The Morgan fingerprint density at radius 3 is 1.52 bits per heavy atom. The molecule has 0 aliphatic carbocycles. The van der Waals surface area contributed by atoms with Crippen molar-refractivity contribution < 1.29 is 0 Å². The van der Waals surface area contributed by atoms with Gasteiger partial charge >= 0.3 is 0 Å². The maximum Gasteiger partial charge on any atom is -0.0227 e. The van der Waals surface area contributed by atoms with Gasteiger partial charge in [-0.15, -0.1) is 0 Å². The van der Waals surface area contributed by atoms with Crippen molar-refractivity contribution in [1.29, 1.82) is 0 Å². The number of unbranched alkanes of at least 4 members (excludes halogenated alkanes) is 2. The van der Waals surface area contributed by atoms with Gasteiger partial charge in [-0.2, -0.15) is 0 Å². The fourth-order valence-electron chi connectivity index (χ4n) is 3.61. The molecule has 0 fully saturated rings. The Morgan fingerprint density at radius 1 is 0.571 bits per heavy atom. The van der Waals surface area contributed by atoms with Gasteiger partial charge in [0.15, 0.2) is 0 Å². The highest BCUT2D eigenvalue weighted by molar-refractivity contribution is 8.33. The highest BCUT2D eigenvalue weighted by atomic mass is 32.3. The molecule has 0 aliphatic rings. The lowest BCUT2D eigenvalue weighted by atomic mass is 9.84. The monoisotopic (exact) mass is 316 g/mol. The van der Waals surface area contributed by atoms with Crippen LogP contribution in [0.5, 0.6) is 0 Å². The molecule has 0 aromatic rings. The van der Waals surface area contributed by atoms with Gasteiger partial charge in [0.2, 0.25) is 0 Å². The summed E-state index contributed by atoms with van der Waals surface area (Å²) in [6.45, 7) is 14.4. The minimum absolute atomic E-state index is 0.308. The zero-order valence-corrected chi connectivity index (χ0v) is 16.9. The molecule has 21 heavy (non-hydrogen) atoms. The van der Waals surface area contributed by atoms with Crippen LogP contribution in [0.1, 0.15) is 99.3 Å². The second-order valence-electron chi connectivity index (χ2n) is 7.77. The Kier molecular flexibility index (Phi) is 12.1. The summed E-state index contributed by atoms with van der Waals surface area (Å²) >= 11 is 0. The molecule has 0 unspecified atom stereocenters. The lowest BCUT2D eigenvalue weighted by molar-refractivity contribution is 0.302. The van der Waals surface area contributed by atoms with Crippen LogP contribution in [0.2, 0.25) is 0 Å². The van der Waals surface area contributed by atoms with Crippen LogP contribution in [0, 0.1) is 5.41 Å². The quantitative estimate of drug-likeness (QED) is 0.313. The number of rotatable bonds is 14. The van der Waals surface area contributed by atoms with E-state index < -0.39 is 0 Å². The normalized spacial score (nSPS) is 13.6. The smallest absolute Gasteiger partial charge is 0.0227 e. The molecule has 0 saturated heterocycles. The molecule has 130 valence electrons. The molecule has 0 aromatic carbocycles.